The number of benzene rings is 3. The van der Waals surface area contributed by atoms with Crippen LogP contribution in [0.15, 0.2) is 77.6 Å². The van der Waals surface area contributed by atoms with Gasteiger partial charge in [0.05, 0.1) is 5.69 Å². The maximum absolute atomic E-state index is 11.9. The van der Waals surface area contributed by atoms with E-state index < -0.39 is 5.69 Å². The molecule has 0 saturated carbocycles. The summed E-state index contributed by atoms with van der Waals surface area (Å²) in [6.07, 6.45) is 3.54. The van der Waals surface area contributed by atoms with Gasteiger partial charge in [-0.15, -0.1) is 0 Å². The molecule has 0 atom stereocenters. The number of hydrogen-bond acceptors (Lipinski definition) is 3. The minimum absolute atomic E-state index is 0.194. The largest absolute Gasteiger partial charge is 0.507 e. The lowest BCUT2D eigenvalue weighted by Gasteiger charge is -2.04. The molecule has 0 fully saturated rings. The van der Waals surface area contributed by atoms with Gasteiger partial charge >= 0.3 is 5.69 Å². The Morgan fingerprint density at radius 2 is 1.54 bits per heavy atom. The molecule has 3 aromatic carbocycles. The van der Waals surface area contributed by atoms with E-state index in [-0.39, 0.29) is 5.75 Å². The molecule has 0 aliphatic heterocycles. The number of nitrogens with zero attached hydrogens (tertiary/aromatic N) is 1. The van der Waals surface area contributed by atoms with Crippen LogP contribution in [0.4, 0.5) is 0 Å². The molecule has 4 aromatic rings. The zero-order valence-electron chi connectivity index (χ0n) is 13.9. The van der Waals surface area contributed by atoms with E-state index in [0.717, 1.165) is 16.3 Å². The normalized spacial score (nSPS) is 11.2. The third-order valence-electron chi connectivity index (χ3n) is 4.17. The van der Waals surface area contributed by atoms with E-state index in [4.69, 9.17) is 0 Å². The van der Waals surface area contributed by atoms with Crippen LogP contribution in [0, 0.1) is 0 Å². The van der Waals surface area contributed by atoms with Crippen molar-refractivity contribution in [2.45, 2.75) is 0 Å². The van der Waals surface area contributed by atoms with Crippen molar-refractivity contribution in [2.75, 3.05) is 0 Å². The number of rotatable bonds is 3. The molecule has 126 valence electrons. The third kappa shape index (κ3) is 3.26. The summed E-state index contributed by atoms with van der Waals surface area (Å²) in [6, 6.07) is 22.8. The van der Waals surface area contributed by atoms with Crippen LogP contribution in [0.2, 0.25) is 0 Å². The van der Waals surface area contributed by atoms with Gasteiger partial charge in [-0.05, 0) is 41.1 Å². The molecular weight excluding hydrogens is 324 g/mol. The fourth-order valence-corrected chi connectivity index (χ4v) is 2.88. The monoisotopic (exact) mass is 340 g/mol. The van der Waals surface area contributed by atoms with Crippen molar-refractivity contribution < 1.29 is 5.11 Å². The summed E-state index contributed by atoms with van der Waals surface area (Å²) in [5.41, 5.74) is 2.38. The topological polar surface area (TPSA) is 66.0 Å². The molecule has 0 aliphatic rings. The number of hydrogen-bond donors (Lipinski definition) is 2. The van der Waals surface area contributed by atoms with Crippen LogP contribution in [0.3, 0.4) is 0 Å². The second kappa shape index (κ2) is 6.69. The van der Waals surface area contributed by atoms with Gasteiger partial charge in [0.2, 0.25) is 0 Å². The molecular formula is C22H16N2O2. The highest BCUT2D eigenvalue weighted by molar-refractivity contribution is 5.88. The molecule has 1 heterocycles. The molecule has 0 aliphatic carbocycles. The predicted molar refractivity (Wildman–Crippen MR) is 105 cm³/mol. The van der Waals surface area contributed by atoms with Gasteiger partial charge in [-0.2, -0.15) is 4.98 Å². The summed E-state index contributed by atoms with van der Waals surface area (Å²) in [6.45, 7) is 0. The predicted octanol–water partition coefficient (Wildman–Crippen LogP) is 4.47. The molecule has 2 N–H and O–H groups in total. The van der Waals surface area contributed by atoms with E-state index in [0.29, 0.717) is 17.0 Å². The Hall–Kier alpha value is -3.66. The van der Waals surface area contributed by atoms with Crippen molar-refractivity contribution >= 4 is 22.9 Å². The van der Waals surface area contributed by atoms with E-state index in [9.17, 15) is 9.90 Å². The molecule has 4 rings (SSSR count). The van der Waals surface area contributed by atoms with E-state index >= 15 is 0 Å². The van der Waals surface area contributed by atoms with Crippen molar-refractivity contribution in [3.05, 3.63) is 94.5 Å². The van der Waals surface area contributed by atoms with Crippen molar-refractivity contribution in [1.29, 1.82) is 0 Å². The Balaban J connectivity index is 1.72. The maximum Gasteiger partial charge on any atom is 0.345 e. The van der Waals surface area contributed by atoms with E-state index in [1.54, 1.807) is 18.2 Å². The number of phenolic OH excluding ortho intramolecular Hbond substituents is 1. The number of aromatic nitrogens is 2. The molecule has 26 heavy (non-hydrogen) atoms. The molecule has 0 bridgehead atoms. The molecule has 4 heteroatoms. The fourth-order valence-electron chi connectivity index (χ4n) is 2.88. The van der Waals surface area contributed by atoms with Crippen LogP contribution in [0.25, 0.3) is 34.2 Å². The maximum atomic E-state index is 11.9. The third-order valence-corrected chi connectivity index (χ3v) is 4.17. The summed E-state index contributed by atoms with van der Waals surface area (Å²) in [5.74, 6) is 0.194. The molecule has 4 nitrogen and oxygen atoms in total. The van der Waals surface area contributed by atoms with Crippen molar-refractivity contribution in [3.63, 3.8) is 0 Å². The molecule has 0 saturated heterocycles. The van der Waals surface area contributed by atoms with Crippen LogP contribution >= 0.6 is 0 Å². The SMILES string of the molecule is O=c1nc(-c2ccccc2)cc(/C=C/c2cc3ccccc3cc2O)[nH]1. The molecule has 0 amide bonds. The number of fused-ring (bicyclic) bond motifs is 1. The first-order chi connectivity index (χ1) is 12.7. The van der Waals surface area contributed by atoms with Gasteiger partial charge in [0.1, 0.15) is 5.75 Å². The zero-order chi connectivity index (χ0) is 17.9. The summed E-state index contributed by atoms with van der Waals surface area (Å²) in [4.78, 5) is 18.6. The molecule has 1 aromatic heterocycles. The lowest BCUT2D eigenvalue weighted by Crippen LogP contribution is -2.11. The number of phenols is 1. The Kier molecular flexibility index (Phi) is 4.07. The Morgan fingerprint density at radius 1 is 0.846 bits per heavy atom. The number of aromatic amines is 1. The van der Waals surface area contributed by atoms with Gasteiger partial charge in [-0.1, -0.05) is 54.6 Å². The summed E-state index contributed by atoms with van der Waals surface area (Å²) in [5, 5.41) is 12.3. The zero-order valence-corrected chi connectivity index (χ0v) is 13.9. The van der Waals surface area contributed by atoms with Crippen molar-refractivity contribution in [2.24, 2.45) is 0 Å². The first-order valence-electron chi connectivity index (χ1n) is 8.26. The van der Waals surface area contributed by atoms with Gasteiger partial charge in [0, 0.05) is 16.8 Å². The number of nitrogens with one attached hydrogen (secondary N) is 1. The highest BCUT2D eigenvalue weighted by Gasteiger charge is 2.03. The first-order valence-corrected chi connectivity index (χ1v) is 8.26. The van der Waals surface area contributed by atoms with Crippen LogP contribution in [0.1, 0.15) is 11.3 Å². The van der Waals surface area contributed by atoms with Gasteiger partial charge in [-0.3, -0.25) is 0 Å². The van der Waals surface area contributed by atoms with E-state index in [1.807, 2.05) is 66.7 Å². The second-order valence-corrected chi connectivity index (χ2v) is 5.98. The van der Waals surface area contributed by atoms with Crippen molar-refractivity contribution in [3.8, 4) is 17.0 Å². The Labute approximate surface area is 150 Å². The Bertz CT molecular complexity index is 1160. The van der Waals surface area contributed by atoms with E-state index in [2.05, 4.69) is 9.97 Å². The van der Waals surface area contributed by atoms with Crippen LogP contribution < -0.4 is 5.69 Å². The number of H-pyrrole nitrogens is 1. The minimum atomic E-state index is -0.409. The van der Waals surface area contributed by atoms with Crippen LogP contribution in [-0.2, 0) is 0 Å². The lowest BCUT2D eigenvalue weighted by molar-refractivity contribution is 0.475. The fraction of sp³-hybridized carbons (Fsp3) is 0. The number of aromatic hydroxyl groups is 1. The van der Waals surface area contributed by atoms with Gasteiger partial charge in [0.15, 0.2) is 0 Å². The Morgan fingerprint density at radius 3 is 2.31 bits per heavy atom. The quantitative estimate of drug-likeness (QED) is 0.578. The average Bonchev–Trinajstić information content (AvgIpc) is 2.66. The molecule has 0 unspecified atom stereocenters. The first kappa shape index (κ1) is 15.8. The van der Waals surface area contributed by atoms with Gasteiger partial charge in [-0.25, -0.2) is 4.79 Å². The van der Waals surface area contributed by atoms with Gasteiger partial charge < -0.3 is 10.1 Å². The smallest absolute Gasteiger partial charge is 0.345 e. The van der Waals surface area contributed by atoms with Gasteiger partial charge in [0.25, 0.3) is 0 Å². The standard InChI is InChI=1S/C22H16N2O2/c25-21-13-17-9-5-4-8-16(17)12-18(21)10-11-19-14-20(24-22(26)23-19)15-6-2-1-3-7-15/h1-14,25H,(H,23,24,26)/b11-10+. The van der Waals surface area contributed by atoms with E-state index in [1.165, 1.54) is 0 Å². The van der Waals surface area contributed by atoms with Crippen LogP contribution in [0.5, 0.6) is 5.75 Å². The van der Waals surface area contributed by atoms with Crippen LogP contribution in [-0.4, -0.2) is 15.1 Å². The summed E-state index contributed by atoms with van der Waals surface area (Å²) < 4.78 is 0. The minimum Gasteiger partial charge on any atom is -0.507 e. The lowest BCUT2D eigenvalue weighted by atomic mass is 10.1. The molecule has 0 spiro atoms. The highest BCUT2D eigenvalue weighted by Crippen LogP contribution is 2.26. The molecule has 0 radical (unpaired) electrons. The highest BCUT2D eigenvalue weighted by atomic mass is 16.3. The summed E-state index contributed by atoms with van der Waals surface area (Å²) >= 11 is 0. The van der Waals surface area contributed by atoms with Crippen molar-refractivity contribution in [1.82, 2.24) is 9.97 Å². The second-order valence-electron chi connectivity index (χ2n) is 5.98. The average molecular weight is 340 g/mol. The summed E-state index contributed by atoms with van der Waals surface area (Å²) in [7, 11) is 0.